The Morgan fingerprint density at radius 3 is 2.65 bits per heavy atom. The van der Waals surface area contributed by atoms with E-state index in [4.69, 9.17) is 0 Å². The number of rotatable bonds is 3. The van der Waals surface area contributed by atoms with Crippen molar-refractivity contribution >= 4 is 5.91 Å². The summed E-state index contributed by atoms with van der Waals surface area (Å²) >= 11 is 0. The minimum atomic E-state index is 0.0923. The highest BCUT2D eigenvalue weighted by Gasteiger charge is 2.25. The molecule has 0 saturated carbocycles. The van der Waals surface area contributed by atoms with Crippen LogP contribution in [0, 0.1) is 13.8 Å². The van der Waals surface area contributed by atoms with Crippen molar-refractivity contribution in [3.63, 3.8) is 0 Å². The van der Waals surface area contributed by atoms with Crippen LogP contribution < -0.4 is 0 Å². The molecule has 1 saturated heterocycles. The van der Waals surface area contributed by atoms with Crippen LogP contribution in [-0.4, -0.2) is 43.2 Å². The van der Waals surface area contributed by atoms with Gasteiger partial charge in [-0.3, -0.25) is 4.79 Å². The number of aromatic nitrogens is 4. The predicted molar refractivity (Wildman–Crippen MR) is 99.4 cm³/mol. The average molecular weight is 349 g/mol. The standard InChI is InChI=1S/C20H23N5O/c1-15-12-16(2)25(22-15)18-7-5-17(6-8-18)20(26)23-10-3-4-19(13-23)24-11-9-21-14-24/h5-9,11-12,14,19H,3-4,10,13H2,1-2H3/t19-/m0/s1. The summed E-state index contributed by atoms with van der Waals surface area (Å²) in [5.74, 6) is 0.0923. The van der Waals surface area contributed by atoms with Gasteiger partial charge in [0.25, 0.3) is 5.91 Å². The van der Waals surface area contributed by atoms with E-state index in [1.165, 1.54) is 0 Å². The molecule has 3 heterocycles. The van der Waals surface area contributed by atoms with Gasteiger partial charge < -0.3 is 9.47 Å². The first-order valence-corrected chi connectivity index (χ1v) is 9.02. The van der Waals surface area contributed by atoms with Gasteiger partial charge in [0.2, 0.25) is 0 Å². The maximum Gasteiger partial charge on any atom is 0.253 e. The van der Waals surface area contributed by atoms with Crippen LogP contribution in [0.2, 0.25) is 0 Å². The summed E-state index contributed by atoms with van der Waals surface area (Å²) in [5, 5.41) is 4.50. The van der Waals surface area contributed by atoms with E-state index in [2.05, 4.69) is 14.6 Å². The fourth-order valence-electron chi connectivity index (χ4n) is 3.69. The second-order valence-electron chi connectivity index (χ2n) is 6.94. The van der Waals surface area contributed by atoms with Crippen molar-refractivity contribution in [3.05, 3.63) is 66.0 Å². The molecule has 1 atom stereocenters. The van der Waals surface area contributed by atoms with Crippen molar-refractivity contribution in [1.29, 1.82) is 0 Å². The van der Waals surface area contributed by atoms with E-state index in [-0.39, 0.29) is 5.91 Å². The molecule has 4 rings (SSSR count). The molecule has 6 nitrogen and oxygen atoms in total. The van der Waals surface area contributed by atoms with Crippen LogP contribution in [0.3, 0.4) is 0 Å². The van der Waals surface area contributed by atoms with Gasteiger partial charge in [0.1, 0.15) is 0 Å². The minimum Gasteiger partial charge on any atom is -0.337 e. The van der Waals surface area contributed by atoms with E-state index >= 15 is 0 Å². The van der Waals surface area contributed by atoms with Crippen LogP contribution in [-0.2, 0) is 0 Å². The summed E-state index contributed by atoms with van der Waals surface area (Å²) < 4.78 is 4.00. The molecule has 134 valence electrons. The lowest BCUT2D eigenvalue weighted by Crippen LogP contribution is -2.40. The molecule has 1 aromatic carbocycles. The van der Waals surface area contributed by atoms with Crippen molar-refractivity contribution in [2.24, 2.45) is 0 Å². The van der Waals surface area contributed by atoms with Gasteiger partial charge in [0.15, 0.2) is 0 Å². The first-order chi connectivity index (χ1) is 12.6. The molecule has 3 aromatic rings. The molecule has 1 aliphatic rings. The van der Waals surface area contributed by atoms with E-state index in [9.17, 15) is 4.79 Å². The third kappa shape index (κ3) is 3.14. The van der Waals surface area contributed by atoms with E-state index in [0.717, 1.165) is 48.6 Å². The van der Waals surface area contributed by atoms with Gasteiger partial charge in [-0.25, -0.2) is 9.67 Å². The Morgan fingerprint density at radius 1 is 1.19 bits per heavy atom. The molecule has 1 aliphatic heterocycles. The maximum absolute atomic E-state index is 12.9. The number of carbonyl (C=O) groups excluding carboxylic acids is 1. The number of hydrogen-bond donors (Lipinski definition) is 0. The third-order valence-electron chi connectivity index (χ3n) is 5.00. The van der Waals surface area contributed by atoms with E-state index in [1.54, 1.807) is 6.20 Å². The molecular weight excluding hydrogens is 326 g/mol. The summed E-state index contributed by atoms with van der Waals surface area (Å²) in [7, 11) is 0. The van der Waals surface area contributed by atoms with Gasteiger partial charge in [-0.1, -0.05) is 0 Å². The minimum absolute atomic E-state index is 0.0923. The molecule has 26 heavy (non-hydrogen) atoms. The molecule has 1 amide bonds. The van der Waals surface area contributed by atoms with Gasteiger partial charge in [-0.15, -0.1) is 0 Å². The number of hydrogen-bond acceptors (Lipinski definition) is 3. The first kappa shape index (κ1) is 16.6. The van der Waals surface area contributed by atoms with Crippen LogP contribution in [0.25, 0.3) is 5.69 Å². The number of nitrogens with zero attached hydrogens (tertiary/aromatic N) is 5. The summed E-state index contributed by atoms with van der Waals surface area (Å²) in [6, 6.07) is 10.1. The smallest absolute Gasteiger partial charge is 0.253 e. The monoisotopic (exact) mass is 349 g/mol. The van der Waals surface area contributed by atoms with Gasteiger partial charge in [-0.05, 0) is 57.0 Å². The quantitative estimate of drug-likeness (QED) is 0.730. The SMILES string of the molecule is Cc1cc(C)n(-c2ccc(C(=O)N3CCC[C@H](n4ccnc4)C3)cc2)n1. The van der Waals surface area contributed by atoms with Crippen molar-refractivity contribution in [1.82, 2.24) is 24.2 Å². The number of piperidine rings is 1. The lowest BCUT2D eigenvalue weighted by Gasteiger charge is -2.33. The van der Waals surface area contributed by atoms with Crippen LogP contribution in [0.5, 0.6) is 0 Å². The lowest BCUT2D eigenvalue weighted by molar-refractivity contribution is 0.0679. The highest BCUT2D eigenvalue weighted by Crippen LogP contribution is 2.23. The van der Waals surface area contributed by atoms with Crippen molar-refractivity contribution in [2.45, 2.75) is 32.7 Å². The van der Waals surface area contributed by atoms with Gasteiger partial charge >= 0.3 is 0 Å². The largest absolute Gasteiger partial charge is 0.337 e. The molecule has 6 heteroatoms. The average Bonchev–Trinajstić information content (AvgIpc) is 3.31. The number of aryl methyl sites for hydroxylation is 2. The van der Waals surface area contributed by atoms with Crippen LogP contribution in [0.1, 0.15) is 40.6 Å². The Kier molecular flexibility index (Phi) is 4.32. The molecule has 0 bridgehead atoms. The zero-order chi connectivity index (χ0) is 18.1. The molecule has 0 spiro atoms. The van der Waals surface area contributed by atoms with E-state index in [1.807, 2.05) is 66.3 Å². The van der Waals surface area contributed by atoms with Crippen molar-refractivity contribution in [2.75, 3.05) is 13.1 Å². The Labute approximate surface area is 153 Å². The third-order valence-corrected chi connectivity index (χ3v) is 5.00. The topological polar surface area (TPSA) is 56.0 Å². The maximum atomic E-state index is 12.9. The summed E-state index contributed by atoms with van der Waals surface area (Å²) in [6.45, 7) is 5.55. The molecular formula is C20H23N5O. The molecule has 0 aliphatic carbocycles. The zero-order valence-corrected chi connectivity index (χ0v) is 15.2. The fourth-order valence-corrected chi connectivity index (χ4v) is 3.69. The predicted octanol–water partition coefficient (Wildman–Crippen LogP) is 3.16. The van der Waals surface area contributed by atoms with Gasteiger partial charge in [-0.2, -0.15) is 5.10 Å². The first-order valence-electron chi connectivity index (χ1n) is 9.02. The van der Waals surface area contributed by atoms with Crippen LogP contribution in [0.4, 0.5) is 0 Å². The highest BCUT2D eigenvalue weighted by molar-refractivity contribution is 5.94. The van der Waals surface area contributed by atoms with Crippen LogP contribution in [0.15, 0.2) is 49.1 Å². The molecule has 0 N–H and O–H groups in total. The number of benzene rings is 1. The Morgan fingerprint density at radius 2 is 2.00 bits per heavy atom. The molecule has 1 fully saturated rings. The second kappa shape index (κ2) is 6.78. The van der Waals surface area contributed by atoms with Crippen molar-refractivity contribution < 1.29 is 4.79 Å². The van der Waals surface area contributed by atoms with E-state index < -0.39 is 0 Å². The molecule has 2 aromatic heterocycles. The number of imidazole rings is 1. The fraction of sp³-hybridized carbons (Fsp3) is 0.350. The Bertz CT molecular complexity index is 895. The molecule has 0 unspecified atom stereocenters. The van der Waals surface area contributed by atoms with Gasteiger partial charge in [0.05, 0.1) is 23.8 Å². The summed E-state index contributed by atoms with van der Waals surface area (Å²) in [5.41, 5.74) is 3.77. The summed E-state index contributed by atoms with van der Waals surface area (Å²) in [4.78, 5) is 19.0. The highest BCUT2D eigenvalue weighted by atomic mass is 16.2. The number of likely N-dealkylation sites (tertiary alicyclic amines) is 1. The molecule has 0 radical (unpaired) electrons. The number of carbonyl (C=O) groups is 1. The Hall–Kier alpha value is -2.89. The Balaban J connectivity index is 1.50. The summed E-state index contributed by atoms with van der Waals surface area (Å²) in [6.07, 6.45) is 7.69. The van der Waals surface area contributed by atoms with Crippen LogP contribution >= 0.6 is 0 Å². The zero-order valence-electron chi connectivity index (χ0n) is 15.2. The lowest BCUT2D eigenvalue weighted by atomic mass is 10.0. The van der Waals surface area contributed by atoms with Gasteiger partial charge in [0, 0.05) is 36.7 Å². The van der Waals surface area contributed by atoms with E-state index in [0.29, 0.717) is 6.04 Å². The second-order valence-corrected chi connectivity index (χ2v) is 6.94. The van der Waals surface area contributed by atoms with Crippen molar-refractivity contribution in [3.8, 4) is 5.69 Å². The normalized spacial score (nSPS) is 17.5. The number of amides is 1.